The highest BCUT2D eigenvalue weighted by atomic mass is 32.2. The third-order valence-corrected chi connectivity index (χ3v) is 4.48. The first-order valence-electron chi connectivity index (χ1n) is 6.07. The Labute approximate surface area is 121 Å². The predicted molar refractivity (Wildman–Crippen MR) is 73.8 cm³/mol. The number of benzene rings is 1. The van der Waals surface area contributed by atoms with E-state index >= 15 is 0 Å². The summed E-state index contributed by atoms with van der Waals surface area (Å²) < 4.78 is 35.5. The number of carbonyl (C=O) groups excluding carboxylic acids is 1. The average molecular weight is 317 g/mol. The van der Waals surface area contributed by atoms with Crippen LogP contribution in [-0.2, 0) is 19.4 Å². The van der Waals surface area contributed by atoms with Crippen LogP contribution in [0.3, 0.4) is 0 Å². The third kappa shape index (κ3) is 5.14. The molecule has 6 nitrogen and oxygen atoms in total. The third-order valence-electron chi connectivity index (χ3n) is 2.98. The van der Waals surface area contributed by atoms with Crippen LogP contribution in [-0.4, -0.2) is 36.9 Å². The van der Waals surface area contributed by atoms with Crippen LogP contribution in [0, 0.1) is 5.82 Å². The summed E-state index contributed by atoms with van der Waals surface area (Å²) in [5, 5.41) is 9.94. The Kier molecular flexibility index (Phi) is 5.42. The average Bonchev–Trinajstić information content (AvgIpc) is 2.36. The maximum absolute atomic E-state index is 12.9. The summed E-state index contributed by atoms with van der Waals surface area (Å²) in [6.45, 7) is 1.22. The monoisotopic (exact) mass is 317 g/mol. The molecule has 0 aliphatic rings. The largest absolute Gasteiger partial charge is 0.481 e. The van der Waals surface area contributed by atoms with Gasteiger partial charge in [0.05, 0.1) is 12.5 Å². The number of nitrogens with one attached hydrogen (secondary N) is 1. The minimum Gasteiger partial charge on any atom is -0.481 e. The molecule has 21 heavy (non-hydrogen) atoms. The van der Waals surface area contributed by atoms with Crippen LogP contribution in [0.2, 0.25) is 0 Å². The topological polar surface area (TPSA) is 101 Å². The van der Waals surface area contributed by atoms with Gasteiger partial charge in [-0.25, -0.2) is 12.8 Å². The fourth-order valence-corrected chi connectivity index (χ4v) is 2.06. The number of amides is 1. The number of sulfone groups is 1. The maximum atomic E-state index is 12.9. The van der Waals surface area contributed by atoms with Gasteiger partial charge < -0.3 is 10.4 Å². The Morgan fingerprint density at radius 3 is 2.24 bits per heavy atom. The number of hydrogen-bond acceptors (Lipinski definition) is 4. The van der Waals surface area contributed by atoms with Crippen LogP contribution in [0.5, 0.6) is 0 Å². The van der Waals surface area contributed by atoms with E-state index in [1.165, 1.54) is 19.1 Å². The van der Waals surface area contributed by atoms with Gasteiger partial charge in [0.25, 0.3) is 0 Å². The molecule has 0 aliphatic heterocycles. The van der Waals surface area contributed by atoms with Crippen molar-refractivity contribution in [3.8, 4) is 0 Å². The normalized spacial score (nSPS) is 14.2. The summed E-state index contributed by atoms with van der Waals surface area (Å²) in [6.07, 6.45) is 0.481. The number of rotatable bonds is 6. The molecule has 0 aromatic heterocycles. The zero-order valence-electron chi connectivity index (χ0n) is 11.5. The van der Waals surface area contributed by atoms with E-state index in [9.17, 15) is 22.4 Å². The summed E-state index contributed by atoms with van der Waals surface area (Å²) in [5.41, 5.74) is 0.382. The van der Waals surface area contributed by atoms with Gasteiger partial charge in [-0.3, -0.25) is 9.59 Å². The lowest BCUT2D eigenvalue weighted by Crippen LogP contribution is -2.40. The molecule has 2 unspecified atom stereocenters. The number of hydrogen-bond donors (Lipinski definition) is 2. The van der Waals surface area contributed by atoms with Gasteiger partial charge >= 0.3 is 5.97 Å². The number of carboxylic acids is 1. The second-order valence-electron chi connectivity index (χ2n) is 4.68. The molecule has 0 fully saturated rings. The standard InChI is InChI=1S/C13H16FNO5S/c1-8(21(2,19)20)13(18)15-11(7-12(16)17)9-3-5-10(14)6-4-9/h3-6,8,11H,7H2,1-2H3,(H,15,18)(H,16,17). The first kappa shape index (κ1) is 17.1. The van der Waals surface area contributed by atoms with Gasteiger partial charge in [-0.2, -0.15) is 0 Å². The van der Waals surface area contributed by atoms with Gasteiger partial charge in [0, 0.05) is 6.26 Å². The first-order chi connectivity index (χ1) is 9.61. The van der Waals surface area contributed by atoms with Crippen molar-refractivity contribution in [1.82, 2.24) is 5.32 Å². The van der Waals surface area contributed by atoms with E-state index in [2.05, 4.69) is 5.32 Å². The van der Waals surface area contributed by atoms with Crippen molar-refractivity contribution in [1.29, 1.82) is 0 Å². The van der Waals surface area contributed by atoms with Gasteiger partial charge in [-0.05, 0) is 24.6 Å². The number of aliphatic carboxylic acids is 1. The fraction of sp³-hybridized carbons (Fsp3) is 0.385. The molecule has 1 aromatic rings. The number of halogens is 1. The lowest BCUT2D eigenvalue weighted by atomic mass is 10.0. The lowest BCUT2D eigenvalue weighted by Gasteiger charge is -2.19. The molecule has 1 aromatic carbocycles. The Morgan fingerprint density at radius 1 is 1.29 bits per heavy atom. The molecule has 0 radical (unpaired) electrons. The van der Waals surface area contributed by atoms with E-state index in [-0.39, 0.29) is 0 Å². The van der Waals surface area contributed by atoms with Crippen molar-refractivity contribution in [3.05, 3.63) is 35.6 Å². The molecule has 0 saturated heterocycles. The summed E-state index contributed by atoms with van der Waals surface area (Å²) in [6, 6.07) is 4.02. The van der Waals surface area contributed by atoms with Crippen molar-refractivity contribution in [2.24, 2.45) is 0 Å². The Bertz CT molecular complexity index is 626. The Hall–Kier alpha value is -1.96. The van der Waals surface area contributed by atoms with Crippen LogP contribution in [0.1, 0.15) is 24.9 Å². The molecule has 8 heteroatoms. The summed E-state index contributed by atoms with van der Waals surface area (Å²) in [5.74, 6) is -2.46. The van der Waals surface area contributed by atoms with Crippen LogP contribution in [0.25, 0.3) is 0 Å². The molecule has 1 amide bonds. The van der Waals surface area contributed by atoms with Gasteiger partial charge in [0.1, 0.15) is 11.1 Å². The minimum absolute atomic E-state index is 0.382. The molecule has 0 bridgehead atoms. The molecular formula is C13H16FNO5S. The second kappa shape index (κ2) is 6.66. The zero-order chi connectivity index (χ0) is 16.2. The van der Waals surface area contributed by atoms with E-state index in [1.54, 1.807) is 0 Å². The van der Waals surface area contributed by atoms with Crippen molar-refractivity contribution >= 4 is 21.7 Å². The van der Waals surface area contributed by atoms with Crippen molar-refractivity contribution in [2.75, 3.05) is 6.26 Å². The van der Waals surface area contributed by atoms with Gasteiger partial charge in [-0.15, -0.1) is 0 Å². The van der Waals surface area contributed by atoms with Gasteiger partial charge in [0.2, 0.25) is 5.91 Å². The molecular weight excluding hydrogens is 301 g/mol. The van der Waals surface area contributed by atoms with E-state index < -0.39 is 45.2 Å². The maximum Gasteiger partial charge on any atom is 0.305 e. The highest BCUT2D eigenvalue weighted by Gasteiger charge is 2.27. The summed E-state index contributed by atoms with van der Waals surface area (Å²) in [4.78, 5) is 22.7. The number of carbonyl (C=O) groups is 2. The molecule has 0 heterocycles. The van der Waals surface area contributed by atoms with Crippen molar-refractivity contribution in [3.63, 3.8) is 0 Å². The van der Waals surface area contributed by atoms with Gasteiger partial charge in [-0.1, -0.05) is 12.1 Å². The number of carboxylic acid groups (broad SMARTS) is 1. The van der Waals surface area contributed by atoms with Crippen molar-refractivity contribution in [2.45, 2.75) is 24.6 Å². The molecule has 0 spiro atoms. The second-order valence-corrected chi connectivity index (χ2v) is 7.05. The Balaban J connectivity index is 2.96. The molecule has 2 N–H and O–H groups in total. The van der Waals surface area contributed by atoms with E-state index in [0.29, 0.717) is 5.56 Å². The smallest absolute Gasteiger partial charge is 0.305 e. The molecule has 2 atom stereocenters. The van der Waals surface area contributed by atoms with E-state index in [4.69, 9.17) is 5.11 Å². The summed E-state index contributed by atoms with van der Waals surface area (Å²) >= 11 is 0. The SMILES string of the molecule is CC(C(=O)NC(CC(=O)O)c1ccc(F)cc1)S(C)(=O)=O. The Morgan fingerprint density at radius 2 is 1.81 bits per heavy atom. The van der Waals surface area contributed by atoms with Crippen LogP contribution >= 0.6 is 0 Å². The predicted octanol–water partition coefficient (Wildman–Crippen LogP) is 0.891. The molecule has 0 aliphatic carbocycles. The van der Waals surface area contributed by atoms with E-state index in [0.717, 1.165) is 18.4 Å². The zero-order valence-corrected chi connectivity index (χ0v) is 12.4. The minimum atomic E-state index is -3.58. The van der Waals surface area contributed by atoms with Crippen LogP contribution in [0.4, 0.5) is 4.39 Å². The van der Waals surface area contributed by atoms with Crippen LogP contribution < -0.4 is 5.32 Å². The van der Waals surface area contributed by atoms with E-state index in [1.807, 2.05) is 0 Å². The summed E-state index contributed by atoms with van der Waals surface area (Å²) in [7, 11) is -3.58. The molecule has 1 rings (SSSR count). The van der Waals surface area contributed by atoms with Gasteiger partial charge in [0.15, 0.2) is 9.84 Å². The molecule has 0 saturated carbocycles. The lowest BCUT2D eigenvalue weighted by molar-refractivity contribution is -0.137. The quantitative estimate of drug-likeness (QED) is 0.811. The fourth-order valence-electron chi connectivity index (χ4n) is 1.61. The first-order valence-corrected chi connectivity index (χ1v) is 8.03. The highest BCUT2D eigenvalue weighted by molar-refractivity contribution is 7.92. The van der Waals surface area contributed by atoms with Crippen LogP contribution in [0.15, 0.2) is 24.3 Å². The molecule has 116 valence electrons. The highest BCUT2D eigenvalue weighted by Crippen LogP contribution is 2.18. The van der Waals surface area contributed by atoms with Crippen molar-refractivity contribution < 1.29 is 27.5 Å².